The molecule has 0 radical (unpaired) electrons. The highest BCUT2D eigenvalue weighted by atomic mass is 14.9. The van der Waals surface area contributed by atoms with E-state index in [1.807, 2.05) is 0 Å². The summed E-state index contributed by atoms with van der Waals surface area (Å²) < 4.78 is 2.56. The van der Waals surface area contributed by atoms with Gasteiger partial charge in [0.1, 0.15) is 6.54 Å². The van der Waals surface area contributed by atoms with Gasteiger partial charge in [0.05, 0.1) is 0 Å². The quantitative estimate of drug-likeness (QED) is 0.0632. The normalized spacial score (nSPS) is 11.5. The minimum atomic E-state index is 1.21. The van der Waals surface area contributed by atoms with E-state index in [0.29, 0.717) is 0 Å². The third-order valence-electron chi connectivity index (χ3n) is 8.94. The van der Waals surface area contributed by atoms with Crippen LogP contribution in [0.15, 0.2) is 18.5 Å². The van der Waals surface area contributed by atoms with E-state index in [2.05, 4.69) is 43.8 Å². The molecular formula is C39H74N+. The molecule has 0 N–H and O–H groups in total. The van der Waals surface area contributed by atoms with E-state index in [1.165, 1.54) is 199 Å². The number of unbranched alkanes of at least 4 members (excludes halogenated alkanes) is 25. The van der Waals surface area contributed by atoms with Gasteiger partial charge in [0.2, 0.25) is 0 Å². The van der Waals surface area contributed by atoms with Gasteiger partial charge in [-0.15, -0.1) is 0 Å². The maximum atomic E-state index is 2.56. The van der Waals surface area contributed by atoms with E-state index in [9.17, 15) is 0 Å². The Kier molecular flexibility index (Phi) is 27.5. The molecule has 0 fully saturated rings. The smallest absolute Gasteiger partial charge is 0.171 e. The monoisotopic (exact) mass is 557 g/mol. The summed E-state index contributed by atoms with van der Waals surface area (Å²) in [6, 6.07) is 2.54. The van der Waals surface area contributed by atoms with Crippen LogP contribution in [0, 0.1) is 0 Å². The van der Waals surface area contributed by atoms with Crippen molar-refractivity contribution < 1.29 is 4.57 Å². The average molecular weight is 557 g/mol. The van der Waals surface area contributed by atoms with E-state index in [1.54, 1.807) is 11.1 Å². The summed E-state index contributed by atoms with van der Waals surface area (Å²) >= 11 is 0. The van der Waals surface area contributed by atoms with Crippen LogP contribution < -0.4 is 4.57 Å². The zero-order chi connectivity index (χ0) is 28.8. The number of aromatic nitrogens is 1. The van der Waals surface area contributed by atoms with Crippen molar-refractivity contribution in [3.05, 3.63) is 29.6 Å². The Labute approximate surface area is 253 Å². The van der Waals surface area contributed by atoms with Crippen LogP contribution >= 0.6 is 0 Å². The summed E-state index contributed by atoms with van der Waals surface area (Å²) in [5.74, 6) is 0. The van der Waals surface area contributed by atoms with Crippen molar-refractivity contribution in [1.29, 1.82) is 0 Å². The molecule has 0 aliphatic rings. The van der Waals surface area contributed by atoms with Gasteiger partial charge in [-0.1, -0.05) is 175 Å². The largest absolute Gasteiger partial charge is 0.205 e. The second kappa shape index (κ2) is 29.6. The van der Waals surface area contributed by atoms with Crippen LogP contribution in [0.4, 0.5) is 0 Å². The zero-order valence-corrected chi connectivity index (χ0v) is 28.1. The summed E-state index contributed by atoms with van der Waals surface area (Å²) in [5, 5.41) is 0. The topological polar surface area (TPSA) is 3.88 Å². The average Bonchev–Trinajstić information content (AvgIpc) is 2.96. The lowest BCUT2D eigenvalue weighted by Gasteiger charge is -2.07. The highest BCUT2D eigenvalue weighted by molar-refractivity contribution is 5.15. The van der Waals surface area contributed by atoms with Crippen molar-refractivity contribution in [3.8, 4) is 0 Å². The second-order valence-corrected chi connectivity index (χ2v) is 13.1. The Bertz CT molecular complexity index is 601. The maximum Gasteiger partial charge on any atom is 0.171 e. The summed E-state index contributed by atoms with van der Waals surface area (Å²) in [7, 11) is 0. The summed E-state index contributed by atoms with van der Waals surface area (Å²) in [5.41, 5.74) is 3.19. The van der Waals surface area contributed by atoms with E-state index < -0.39 is 0 Å². The number of hydrogen-bond donors (Lipinski definition) is 0. The highest BCUT2D eigenvalue weighted by Gasteiger charge is 2.09. The van der Waals surface area contributed by atoms with Gasteiger partial charge in [0, 0.05) is 17.5 Å². The number of rotatable bonds is 31. The summed E-state index contributed by atoms with van der Waals surface area (Å²) in [4.78, 5) is 0. The number of nitrogens with zero attached hydrogens (tertiary/aromatic N) is 1. The molecule has 0 bridgehead atoms. The van der Waals surface area contributed by atoms with Gasteiger partial charge in [0.15, 0.2) is 12.4 Å². The number of aryl methyl sites for hydroxylation is 3. The molecule has 1 nitrogen and oxygen atoms in total. The van der Waals surface area contributed by atoms with E-state index in [-0.39, 0.29) is 0 Å². The van der Waals surface area contributed by atoms with Crippen LogP contribution in [-0.2, 0) is 19.4 Å². The molecule has 0 atom stereocenters. The fourth-order valence-electron chi connectivity index (χ4n) is 6.24. The molecule has 40 heavy (non-hydrogen) atoms. The fraction of sp³-hybridized carbons (Fsp3) is 0.872. The molecule has 0 aromatic carbocycles. The van der Waals surface area contributed by atoms with E-state index in [4.69, 9.17) is 0 Å². The summed E-state index contributed by atoms with van der Waals surface area (Å²) in [6.07, 6.45) is 47.4. The molecule has 0 spiro atoms. The lowest BCUT2D eigenvalue weighted by atomic mass is 10.0. The molecular weight excluding hydrogens is 482 g/mol. The predicted octanol–water partition coefficient (Wildman–Crippen LogP) is 13.0. The lowest BCUT2D eigenvalue weighted by Crippen LogP contribution is -2.34. The Morgan fingerprint density at radius 2 is 0.625 bits per heavy atom. The molecule has 0 amide bonds. The summed E-state index contributed by atoms with van der Waals surface area (Å²) in [6.45, 7) is 8.15. The van der Waals surface area contributed by atoms with Crippen molar-refractivity contribution in [2.24, 2.45) is 0 Å². The predicted molar refractivity (Wildman–Crippen MR) is 180 cm³/mol. The van der Waals surface area contributed by atoms with Crippen molar-refractivity contribution in [1.82, 2.24) is 0 Å². The van der Waals surface area contributed by atoms with Crippen molar-refractivity contribution >= 4 is 0 Å². The van der Waals surface area contributed by atoms with E-state index >= 15 is 0 Å². The first-order valence-electron chi connectivity index (χ1n) is 18.8. The molecule has 0 aliphatic carbocycles. The molecule has 1 heteroatoms. The fourth-order valence-corrected chi connectivity index (χ4v) is 6.24. The molecule has 0 saturated carbocycles. The van der Waals surface area contributed by atoms with Crippen LogP contribution in [0.25, 0.3) is 0 Å². The zero-order valence-electron chi connectivity index (χ0n) is 28.1. The van der Waals surface area contributed by atoms with Crippen molar-refractivity contribution in [3.63, 3.8) is 0 Å². The third-order valence-corrected chi connectivity index (χ3v) is 8.94. The first kappa shape index (κ1) is 37.2. The molecule has 1 aromatic heterocycles. The number of hydrogen-bond acceptors (Lipinski definition) is 0. The molecule has 0 aliphatic heterocycles. The van der Waals surface area contributed by atoms with Crippen LogP contribution in [0.1, 0.15) is 212 Å². The van der Waals surface area contributed by atoms with Gasteiger partial charge in [-0.3, -0.25) is 0 Å². The molecule has 1 heterocycles. The van der Waals surface area contributed by atoms with Crippen LogP contribution in [-0.4, -0.2) is 0 Å². The lowest BCUT2D eigenvalue weighted by molar-refractivity contribution is -0.698. The maximum absolute atomic E-state index is 2.56. The third kappa shape index (κ3) is 23.8. The highest BCUT2D eigenvalue weighted by Crippen LogP contribution is 2.15. The van der Waals surface area contributed by atoms with Gasteiger partial charge >= 0.3 is 0 Å². The first-order chi connectivity index (χ1) is 19.8. The van der Waals surface area contributed by atoms with Crippen LogP contribution in [0.2, 0.25) is 0 Å². The van der Waals surface area contributed by atoms with Gasteiger partial charge in [0.25, 0.3) is 0 Å². The second-order valence-electron chi connectivity index (χ2n) is 13.1. The Morgan fingerprint density at radius 1 is 0.350 bits per heavy atom. The molecule has 1 rings (SSSR count). The van der Waals surface area contributed by atoms with Gasteiger partial charge < -0.3 is 0 Å². The van der Waals surface area contributed by atoms with Gasteiger partial charge in [-0.05, 0) is 38.2 Å². The van der Waals surface area contributed by atoms with Crippen LogP contribution in [0.3, 0.4) is 0 Å². The molecule has 1 aromatic rings. The van der Waals surface area contributed by atoms with Crippen molar-refractivity contribution in [2.75, 3.05) is 0 Å². The van der Waals surface area contributed by atoms with E-state index in [0.717, 1.165) is 0 Å². The Morgan fingerprint density at radius 3 is 0.950 bits per heavy atom. The minimum Gasteiger partial charge on any atom is -0.205 e. The molecule has 0 unspecified atom stereocenters. The van der Waals surface area contributed by atoms with Crippen LogP contribution in [0.5, 0.6) is 0 Å². The standard InChI is InChI=1S/C39H74N/c1-4-7-10-13-16-17-18-19-20-21-22-23-24-25-28-31-34-40-36-38(32-29-26-14-11-8-5-2)35-39(37-40)33-30-27-15-12-9-6-3/h35-37H,4-34H2,1-3H3/q+1. The molecule has 234 valence electrons. The van der Waals surface area contributed by atoms with Gasteiger partial charge in [-0.25, -0.2) is 4.57 Å². The molecule has 0 saturated heterocycles. The Balaban J connectivity index is 2.21. The number of pyridine rings is 1. The Hall–Kier alpha value is -0.850. The van der Waals surface area contributed by atoms with Crippen molar-refractivity contribution in [2.45, 2.75) is 220 Å². The SMILES string of the molecule is CCCCCCCCCCCCCCCCCC[n+]1cc(CCCCCCCC)cc(CCCCCCCC)c1. The first-order valence-corrected chi connectivity index (χ1v) is 18.8. The van der Waals surface area contributed by atoms with Gasteiger partial charge in [-0.2, -0.15) is 0 Å². The minimum absolute atomic E-state index is 1.21.